The zero-order valence-corrected chi connectivity index (χ0v) is 35.1. The van der Waals surface area contributed by atoms with Crippen LogP contribution in [0.15, 0.2) is 0 Å². The van der Waals surface area contributed by atoms with Gasteiger partial charge in [-0.05, 0) is 80.8 Å². The number of cyclic esters (lactones) is 1. The third-order valence-electron chi connectivity index (χ3n) is 13.6. The highest BCUT2D eigenvalue weighted by molar-refractivity contribution is 5.73. The zero-order valence-electron chi connectivity index (χ0n) is 35.1. The Morgan fingerprint density at radius 1 is 0.906 bits per heavy atom. The summed E-state index contributed by atoms with van der Waals surface area (Å²) in [6, 6.07) is -0.355. The van der Waals surface area contributed by atoms with Gasteiger partial charge in [0, 0.05) is 49.3 Å². The number of hydrogen-bond donors (Lipinski definition) is 2. The van der Waals surface area contributed by atoms with E-state index in [1.54, 1.807) is 27.9 Å². The second-order valence-corrected chi connectivity index (χ2v) is 17.9. The van der Waals surface area contributed by atoms with Crippen molar-refractivity contribution >= 4 is 12.1 Å². The van der Waals surface area contributed by atoms with E-state index in [1.165, 1.54) is 0 Å². The number of methoxy groups -OCH3 is 1. The number of fused-ring (bicyclic) bond motifs is 1. The average molecular weight is 757 g/mol. The Balaban J connectivity index is 1.84. The predicted molar refractivity (Wildman–Crippen MR) is 199 cm³/mol. The van der Waals surface area contributed by atoms with Gasteiger partial charge in [0.1, 0.15) is 6.10 Å². The number of aliphatic hydroxyl groups is 1. The van der Waals surface area contributed by atoms with Gasteiger partial charge in [-0.1, -0.05) is 41.5 Å². The Kier molecular flexibility index (Phi) is 14.1. The summed E-state index contributed by atoms with van der Waals surface area (Å²) in [5.74, 6) is -2.65. The fraction of sp³-hybridized carbons (Fsp3) is 0.950. The van der Waals surface area contributed by atoms with Crippen LogP contribution in [0.25, 0.3) is 0 Å². The van der Waals surface area contributed by atoms with Gasteiger partial charge < -0.3 is 53.6 Å². The van der Waals surface area contributed by atoms with E-state index >= 15 is 0 Å². The van der Waals surface area contributed by atoms with Crippen LogP contribution in [0, 0.1) is 35.5 Å². The number of hydrogen-bond acceptors (Lipinski definition) is 13. The summed E-state index contributed by atoms with van der Waals surface area (Å²) in [6.45, 7) is 23.2. The Hall–Kier alpha value is -1.58. The summed E-state index contributed by atoms with van der Waals surface area (Å²) in [5, 5.41) is 12.7. The smallest absolute Gasteiger partial charge is 0.458 e. The number of carbonyl (C=O) groups is 2. The average Bonchev–Trinajstić information content (AvgIpc) is 3.40. The Morgan fingerprint density at radius 2 is 1.55 bits per heavy atom. The summed E-state index contributed by atoms with van der Waals surface area (Å²) in [6.07, 6.45) is -4.05. The van der Waals surface area contributed by atoms with E-state index in [9.17, 15) is 14.7 Å². The van der Waals surface area contributed by atoms with E-state index in [-0.39, 0.29) is 42.4 Å². The highest BCUT2D eigenvalue weighted by Crippen LogP contribution is 2.44. The lowest BCUT2D eigenvalue weighted by atomic mass is 9.72. The van der Waals surface area contributed by atoms with Crippen LogP contribution < -0.4 is 5.73 Å². The molecule has 4 heterocycles. The van der Waals surface area contributed by atoms with Gasteiger partial charge in [-0.15, -0.1) is 0 Å². The molecule has 53 heavy (non-hydrogen) atoms. The van der Waals surface area contributed by atoms with Crippen molar-refractivity contribution in [3.8, 4) is 0 Å². The fourth-order valence-electron chi connectivity index (χ4n) is 9.75. The molecule has 0 amide bonds. The van der Waals surface area contributed by atoms with Gasteiger partial charge in [0.2, 0.25) is 0 Å². The molecule has 0 saturated carbocycles. The lowest BCUT2D eigenvalue weighted by molar-refractivity contribution is -0.306. The van der Waals surface area contributed by atoms with E-state index in [2.05, 4.69) is 32.8 Å². The van der Waals surface area contributed by atoms with Crippen molar-refractivity contribution in [2.24, 2.45) is 41.2 Å². The minimum atomic E-state index is -1.49. The molecule has 4 aliphatic heterocycles. The Morgan fingerprint density at radius 3 is 2.13 bits per heavy atom. The molecule has 13 heteroatoms. The van der Waals surface area contributed by atoms with Crippen molar-refractivity contribution in [3.63, 3.8) is 0 Å². The third-order valence-corrected chi connectivity index (χ3v) is 13.6. The highest BCUT2D eigenvalue weighted by Gasteiger charge is 2.59. The summed E-state index contributed by atoms with van der Waals surface area (Å²) in [5.41, 5.74) is 3.63. The van der Waals surface area contributed by atoms with Gasteiger partial charge in [0.05, 0.1) is 41.5 Å². The minimum Gasteiger partial charge on any atom is -0.458 e. The lowest BCUT2D eigenvalue weighted by Gasteiger charge is -2.50. The van der Waals surface area contributed by atoms with Gasteiger partial charge in [0.15, 0.2) is 24.3 Å². The van der Waals surface area contributed by atoms with Gasteiger partial charge in [-0.3, -0.25) is 4.79 Å². The maximum absolute atomic E-state index is 14.4. The molecular weight excluding hydrogens is 684 g/mol. The van der Waals surface area contributed by atoms with Crippen molar-refractivity contribution < 1.29 is 52.6 Å². The lowest BCUT2D eigenvalue weighted by Crippen LogP contribution is -2.60. The quantitative estimate of drug-likeness (QED) is 0.324. The molecule has 0 aromatic heterocycles. The molecule has 4 rings (SSSR count). The van der Waals surface area contributed by atoms with Crippen LogP contribution >= 0.6 is 0 Å². The van der Waals surface area contributed by atoms with E-state index in [0.717, 1.165) is 6.42 Å². The molecule has 4 aliphatic rings. The topological polar surface area (TPSA) is 157 Å². The van der Waals surface area contributed by atoms with E-state index in [0.29, 0.717) is 12.8 Å². The molecule has 3 N–H and O–H groups in total. The van der Waals surface area contributed by atoms with Gasteiger partial charge in [0.25, 0.3) is 0 Å². The number of nitrogens with zero attached hydrogens (tertiary/aromatic N) is 1. The molecule has 4 saturated heterocycles. The fourth-order valence-corrected chi connectivity index (χ4v) is 9.75. The molecule has 308 valence electrons. The third kappa shape index (κ3) is 9.03. The molecule has 13 nitrogen and oxygen atoms in total. The molecule has 19 atom stereocenters. The van der Waals surface area contributed by atoms with Crippen LogP contribution in [0.4, 0.5) is 4.79 Å². The maximum Gasteiger partial charge on any atom is 0.509 e. The van der Waals surface area contributed by atoms with Gasteiger partial charge in [-0.25, -0.2) is 4.79 Å². The number of carbonyl (C=O) groups excluding carboxylic acids is 2. The van der Waals surface area contributed by atoms with Crippen LogP contribution in [-0.4, -0.2) is 121 Å². The van der Waals surface area contributed by atoms with Crippen molar-refractivity contribution in [1.29, 1.82) is 0 Å². The second kappa shape index (κ2) is 16.9. The summed E-state index contributed by atoms with van der Waals surface area (Å²) in [7, 11) is 5.80. The second-order valence-electron chi connectivity index (χ2n) is 17.9. The molecule has 4 fully saturated rings. The molecule has 0 radical (unpaired) electrons. The Bertz CT molecular complexity index is 1250. The van der Waals surface area contributed by atoms with Crippen molar-refractivity contribution in [3.05, 3.63) is 0 Å². The van der Waals surface area contributed by atoms with Crippen LogP contribution in [-0.2, 0) is 42.7 Å². The van der Waals surface area contributed by atoms with Crippen molar-refractivity contribution in [2.45, 2.75) is 187 Å². The minimum absolute atomic E-state index is 0.0368. The molecule has 0 aliphatic carbocycles. The number of esters is 1. The number of ether oxygens (including phenoxy) is 8. The van der Waals surface area contributed by atoms with Crippen LogP contribution in [0.3, 0.4) is 0 Å². The normalized spacial score (nSPS) is 50.5. The van der Waals surface area contributed by atoms with Crippen LogP contribution in [0.5, 0.6) is 0 Å². The van der Waals surface area contributed by atoms with Crippen molar-refractivity contribution in [1.82, 2.24) is 4.90 Å². The predicted octanol–water partition coefficient (Wildman–Crippen LogP) is 5.28. The first-order valence-electron chi connectivity index (χ1n) is 19.9. The standard InChI is InChI=1S/C40H72N2O11/c1-16-29-40(12)34(52-37(44)53-40)23(5)31(41)20(2)18-38(10,45)33(51-36-22(4)28(42(13)14)17-21(3)47-36)24(6)32(25(7)35(43)49-29)50-30-19-39(11,46-15)26(8)27(9)48-30/h20-34,36,45H,16-19,41H2,1-15H3/t20-,21-,22-,23+,24+,25-,26+,27+,28+,29-,30+,31+,32+,33-,34-,36+,38+,39-,40-/m1/s1. The van der Waals surface area contributed by atoms with Gasteiger partial charge >= 0.3 is 12.1 Å². The first-order valence-corrected chi connectivity index (χ1v) is 19.9. The molecule has 0 spiro atoms. The largest absolute Gasteiger partial charge is 0.509 e. The number of rotatable bonds is 7. The first kappa shape index (κ1) is 44.1. The Labute approximate surface area is 318 Å². The molecule has 0 aromatic carbocycles. The summed E-state index contributed by atoms with van der Waals surface area (Å²) < 4.78 is 50.7. The van der Waals surface area contributed by atoms with Crippen LogP contribution in [0.1, 0.15) is 109 Å². The van der Waals surface area contributed by atoms with E-state index in [1.807, 2.05) is 48.5 Å². The monoisotopic (exact) mass is 757 g/mol. The van der Waals surface area contributed by atoms with E-state index in [4.69, 9.17) is 43.6 Å². The maximum atomic E-state index is 14.4. The molecule has 0 aromatic rings. The molecule has 0 bridgehead atoms. The number of nitrogens with two attached hydrogens (primary N) is 1. The summed E-state index contributed by atoms with van der Waals surface area (Å²) in [4.78, 5) is 29.4. The summed E-state index contributed by atoms with van der Waals surface area (Å²) >= 11 is 0. The van der Waals surface area contributed by atoms with Gasteiger partial charge in [-0.2, -0.15) is 0 Å². The highest BCUT2D eigenvalue weighted by atomic mass is 16.8. The van der Waals surface area contributed by atoms with E-state index < -0.39 is 89.7 Å². The van der Waals surface area contributed by atoms with Crippen molar-refractivity contribution in [2.75, 3.05) is 21.2 Å². The first-order chi connectivity index (χ1) is 24.5. The van der Waals surface area contributed by atoms with Crippen LogP contribution in [0.2, 0.25) is 0 Å². The molecular formula is C40H72N2O11. The SMILES string of the molecule is CC[C@H]1OC(=O)[C@H](C)[C@@H](O[C@H]2C[C@@](C)(OC)[C@@H](C)[C@H](C)O2)[C@H](C)[C@@H](O[C@@H]2O[C@H](C)C[C@H](N(C)C)[C@H]2C)[C@@](C)(O)C[C@@H](C)[C@H](N)[C@H](C)[C@H]2OC(=O)O[C@@]21C. The molecule has 0 unspecified atom stereocenters. The zero-order chi connectivity index (χ0) is 40.0.